The van der Waals surface area contributed by atoms with E-state index in [0.29, 0.717) is 32.1 Å². The van der Waals surface area contributed by atoms with Crippen molar-refractivity contribution >= 4 is 34.4 Å². The minimum absolute atomic E-state index is 0.0185. The molecule has 2 aromatic heterocycles. The summed E-state index contributed by atoms with van der Waals surface area (Å²) in [6.45, 7) is 5.72. The first-order chi connectivity index (χ1) is 18.1. The largest absolute Gasteiger partial charge is 0.374 e. The molecule has 0 aliphatic carbocycles. The average Bonchev–Trinajstić information content (AvgIpc) is 2.95. The Kier molecular flexibility index (Phi) is 7.71. The van der Waals surface area contributed by atoms with E-state index >= 15 is 0 Å². The van der Waals surface area contributed by atoms with Gasteiger partial charge in [-0.05, 0) is 18.2 Å². The maximum atomic E-state index is 12.3. The highest BCUT2D eigenvalue weighted by molar-refractivity contribution is 5.88. The van der Waals surface area contributed by atoms with Crippen molar-refractivity contribution in [3.8, 4) is 11.3 Å². The number of rotatable bonds is 8. The second-order valence-corrected chi connectivity index (χ2v) is 9.24. The van der Waals surface area contributed by atoms with Gasteiger partial charge in [-0.25, -0.2) is 9.97 Å². The summed E-state index contributed by atoms with van der Waals surface area (Å²) in [6.07, 6.45) is 3.70. The molecule has 1 aromatic carbocycles. The van der Waals surface area contributed by atoms with Gasteiger partial charge in [0.15, 0.2) is 5.82 Å². The van der Waals surface area contributed by atoms with Crippen molar-refractivity contribution in [1.82, 2.24) is 25.2 Å². The zero-order valence-electron chi connectivity index (χ0n) is 20.7. The number of nitrogens with one attached hydrogen (secondary N) is 2. The molecule has 4 N–H and O–H groups in total. The molecule has 5 rings (SSSR count). The highest BCUT2D eigenvalue weighted by Gasteiger charge is 2.22. The third kappa shape index (κ3) is 6.12. The van der Waals surface area contributed by atoms with Crippen LogP contribution in [0.1, 0.15) is 12.8 Å². The molecule has 11 nitrogen and oxygen atoms in total. The number of nitrogens with zero attached hydrogens (tertiary/aromatic N) is 5. The van der Waals surface area contributed by atoms with Gasteiger partial charge in [-0.15, -0.1) is 0 Å². The van der Waals surface area contributed by atoms with Crippen LogP contribution >= 0.6 is 0 Å². The van der Waals surface area contributed by atoms with Crippen molar-refractivity contribution in [1.29, 1.82) is 0 Å². The number of aromatic nitrogens is 3. The van der Waals surface area contributed by atoms with E-state index in [-0.39, 0.29) is 24.9 Å². The topological polar surface area (TPSA) is 139 Å². The molecule has 1 unspecified atom stereocenters. The van der Waals surface area contributed by atoms with Crippen LogP contribution in [0, 0.1) is 0 Å². The number of carbonyl (C=O) groups is 2. The zero-order valence-corrected chi connectivity index (χ0v) is 20.7. The summed E-state index contributed by atoms with van der Waals surface area (Å²) in [5.41, 5.74) is 9.56. The lowest BCUT2D eigenvalue weighted by Crippen LogP contribution is -2.48. The Morgan fingerprint density at radius 1 is 1.08 bits per heavy atom. The highest BCUT2D eigenvalue weighted by Crippen LogP contribution is 2.27. The number of piperazine rings is 1. The van der Waals surface area contributed by atoms with Crippen LogP contribution in [0.25, 0.3) is 22.3 Å². The molecule has 11 heteroatoms. The van der Waals surface area contributed by atoms with Crippen molar-refractivity contribution < 1.29 is 14.3 Å². The van der Waals surface area contributed by atoms with Crippen LogP contribution in [0.2, 0.25) is 0 Å². The summed E-state index contributed by atoms with van der Waals surface area (Å²) < 4.78 is 5.80. The summed E-state index contributed by atoms with van der Waals surface area (Å²) in [6, 6.07) is 10.2. The van der Waals surface area contributed by atoms with Crippen LogP contribution in [0.3, 0.4) is 0 Å². The third-order valence-corrected chi connectivity index (χ3v) is 6.70. The fourth-order valence-electron chi connectivity index (χ4n) is 4.65. The SMILES string of the molecule is NC(=O)CCC(=O)N1CCN(c2ccc(-c3cc4nccnc4c(NCC4CNCCO4)n3)cc2)CC1. The van der Waals surface area contributed by atoms with Crippen LogP contribution in [-0.4, -0.2) is 90.2 Å². The standard InChI is InChI=1S/C26H32N8O3/c27-23(35)5-6-24(36)34-12-10-33(11-13-34)19-3-1-18(2-4-19)21-15-22-25(30-8-7-29-22)26(32-21)31-17-20-16-28-9-14-37-20/h1-4,7-8,15,20,28H,5-6,9-14,16-17H2,(H2,27,35)(H,31,32). The number of carbonyl (C=O) groups excluding carboxylic acids is 2. The molecule has 194 valence electrons. The molecule has 0 radical (unpaired) electrons. The van der Waals surface area contributed by atoms with E-state index in [1.165, 1.54) is 0 Å². The van der Waals surface area contributed by atoms with Crippen LogP contribution in [0.4, 0.5) is 11.5 Å². The molecular formula is C26H32N8O3. The van der Waals surface area contributed by atoms with Gasteiger partial charge < -0.3 is 30.9 Å². The minimum Gasteiger partial charge on any atom is -0.374 e. The lowest BCUT2D eigenvalue weighted by molar-refractivity contribution is -0.133. The van der Waals surface area contributed by atoms with Gasteiger partial charge in [0.25, 0.3) is 0 Å². The molecule has 2 aliphatic rings. The van der Waals surface area contributed by atoms with Crippen molar-refractivity contribution in [3.63, 3.8) is 0 Å². The Morgan fingerprint density at radius 2 is 1.86 bits per heavy atom. The van der Waals surface area contributed by atoms with Crippen molar-refractivity contribution in [2.24, 2.45) is 5.73 Å². The Labute approximate surface area is 215 Å². The monoisotopic (exact) mass is 504 g/mol. The molecule has 2 amide bonds. The van der Waals surface area contributed by atoms with Gasteiger partial charge >= 0.3 is 0 Å². The molecule has 4 heterocycles. The van der Waals surface area contributed by atoms with Crippen molar-refractivity contribution in [2.75, 3.05) is 62.6 Å². The van der Waals surface area contributed by atoms with Gasteiger partial charge in [0.1, 0.15) is 5.52 Å². The van der Waals surface area contributed by atoms with Gasteiger partial charge in [-0.1, -0.05) is 12.1 Å². The number of hydrogen-bond donors (Lipinski definition) is 3. The second-order valence-electron chi connectivity index (χ2n) is 9.24. The van der Waals surface area contributed by atoms with E-state index in [0.717, 1.165) is 54.2 Å². The number of primary amides is 1. The lowest BCUT2D eigenvalue weighted by Gasteiger charge is -2.36. The number of pyridine rings is 1. The number of nitrogens with two attached hydrogens (primary N) is 1. The molecule has 1 atom stereocenters. The Morgan fingerprint density at radius 3 is 2.59 bits per heavy atom. The maximum Gasteiger partial charge on any atom is 0.223 e. The predicted molar refractivity (Wildman–Crippen MR) is 141 cm³/mol. The minimum atomic E-state index is -0.446. The van der Waals surface area contributed by atoms with Gasteiger partial charge in [-0.3, -0.25) is 14.6 Å². The summed E-state index contributed by atoms with van der Waals surface area (Å²) in [5, 5.41) is 6.76. The molecule has 3 aromatic rings. The number of ether oxygens (including phenoxy) is 1. The van der Waals surface area contributed by atoms with E-state index in [4.69, 9.17) is 15.5 Å². The molecule has 0 bridgehead atoms. The van der Waals surface area contributed by atoms with Crippen LogP contribution in [-0.2, 0) is 14.3 Å². The van der Waals surface area contributed by atoms with Gasteiger partial charge in [0, 0.05) is 82.3 Å². The van der Waals surface area contributed by atoms with E-state index in [1.54, 1.807) is 17.3 Å². The molecule has 2 fully saturated rings. The number of benzene rings is 1. The van der Waals surface area contributed by atoms with Gasteiger partial charge in [0.05, 0.1) is 23.9 Å². The number of morpholine rings is 1. The molecule has 37 heavy (non-hydrogen) atoms. The first kappa shape index (κ1) is 24.8. The first-order valence-electron chi connectivity index (χ1n) is 12.7. The van der Waals surface area contributed by atoms with Crippen LogP contribution in [0.15, 0.2) is 42.7 Å². The van der Waals surface area contributed by atoms with Gasteiger partial charge in [0.2, 0.25) is 11.8 Å². The summed E-state index contributed by atoms with van der Waals surface area (Å²) in [7, 11) is 0. The van der Waals surface area contributed by atoms with E-state index in [2.05, 4.69) is 49.8 Å². The number of amides is 2. The second kappa shape index (κ2) is 11.5. The first-order valence-corrected chi connectivity index (χ1v) is 12.7. The Bertz CT molecular complexity index is 1240. The van der Waals surface area contributed by atoms with Crippen LogP contribution < -0.4 is 21.3 Å². The highest BCUT2D eigenvalue weighted by atomic mass is 16.5. The smallest absolute Gasteiger partial charge is 0.223 e. The van der Waals surface area contributed by atoms with E-state index in [9.17, 15) is 9.59 Å². The third-order valence-electron chi connectivity index (χ3n) is 6.70. The zero-order chi connectivity index (χ0) is 25.6. The summed E-state index contributed by atoms with van der Waals surface area (Å²) in [5.74, 6) is 0.226. The van der Waals surface area contributed by atoms with E-state index in [1.807, 2.05) is 6.07 Å². The number of anilines is 2. The Hall–Kier alpha value is -3.83. The Balaban J connectivity index is 1.26. The number of fused-ring (bicyclic) bond motifs is 1. The molecule has 0 saturated carbocycles. The molecule has 2 aliphatic heterocycles. The molecule has 2 saturated heterocycles. The maximum absolute atomic E-state index is 12.3. The normalized spacial score (nSPS) is 18.1. The van der Waals surface area contributed by atoms with E-state index < -0.39 is 5.91 Å². The molecule has 0 spiro atoms. The van der Waals surface area contributed by atoms with Gasteiger partial charge in [-0.2, -0.15) is 0 Å². The predicted octanol–water partition coefficient (Wildman–Crippen LogP) is 1.01. The van der Waals surface area contributed by atoms with Crippen molar-refractivity contribution in [2.45, 2.75) is 18.9 Å². The quantitative estimate of drug-likeness (QED) is 0.410. The summed E-state index contributed by atoms with van der Waals surface area (Å²) in [4.78, 5) is 41.2. The van der Waals surface area contributed by atoms with Crippen LogP contribution in [0.5, 0.6) is 0 Å². The average molecular weight is 505 g/mol. The lowest BCUT2D eigenvalue weighted by atomic mass is 10.1. The molecular weight excluding hydrogens is 472 g/mol. The fourth-order valence-corrected chi connectivity index (χ4v) is 4.65. The number of hydrogen-bond acceptors (Lipinski definition) is 9. The summed E-state index contributed by atoms with van der Waals surface area (Å²) >= 11 is 0. The fraction of sp³-hybridized carbons (Fsp3) is 0.423. The van der Waals surface area contributed by atoms with Crippen molar-refractivity contribution in [3.05, 3.63) is 42.7 Å².